The largest absolute Gasteiger partial charge is 0.467 e. The van der Waals surface area contributed by atoms with E-state index in [0.29, 0.717) is 11.3 Å². The van der Waals surface area contributed by atoms with Crippen LogP contribution in [0.1, 0.15) is 38.7 Å². The Morgan fingerprint density at radius 1 is 1.31 bits per heavy atom. The number of nitrogens with one attached hydrogen (secondary N) is 1. The summed E-state index contributed by atoms with van der Waals surface area (Å²) in [4.78, 5) is 13.5. The van der Waals surface area contributed by atoms with Gasteiger partial charge in [0.15, 0.2) is 0 Å². The fraction of sp³-hybridized carbons (Fsp3) is 0.227. The molecule has 0 unspecified atom stereocenters. The van der Waals surface area contributed by atoms with Gasteiger partial charge in [0.05, 0.1) is 18.4 Å². The van der Waals surface area contributed by atoms with Crippen molar-refractivity contribution in [3.63, 3.8) is 0 Å². The third-order valence-corrected chi connectivity index (χ3v) is 6.01. The van der Waals surface area contributed by atoms with Crippen LogP contribution in [0.2, 0.25) is 0 Å². The van der Waals surface area contributed by atoms with E-state index < -0.39 is 5.91 Å². The van der Waals surface area contributed by atoms with E-state index in [2.05, 4.69) is 11.4 Å². The quantitative estimate of drug-likeness (QED) is 0.502. The lowest BCUT2D eigenvalue weighted by atomic mass is 10.1. The number of rotatable bonds is 5. The van der Waals surface area contributed by atoms with Crippen molar-refractivity contribution in [1.29, 1.82) is 10.5 Å². The number of aryl methyl sites for hydroxylation is 2. The van der Waals surface area contributed by atoms with Crippen LogP contribution in [-0.4, -0.2) is 10.5 Å². The molecule has 0 saturated heterocycles. The molecule has 0 spiro atoms. The van der Waals surface area contributed by atoms with Crippen LogP contribution in [0, 0.1) is 50.4 Å². The first-order chi connectivity index (χ1) is 13.9. The number of hydrogen-bond donors (Lipinski definition) is 1. The lowest BCUT2D eigenvalue weighted by Gasteiger charge is -2.08. The van der Waals surface area contributed by atoms with Gasteiger partial charge in [0.2, 0.25) is 0 Å². The topological polar surface area (TPSA) is 94.8 Å². The Balaban J connectivity index is 1.95. The number of thiophene rings is 1. The summed E-state index contributed by atoms with van der Waals surface area (Å²) in [7, 11) is 0. The molecule has 3 aromatic rings. The first kappa shape index (κ1) is 20.2. The third-order valence-electron chi connectivity index (χ3n) is 4.82. The molecule has 29 heavy (non-hydrogen) atoms. The van der Waals surface area contributed by atoms with Gasteiger partial charge in [0.1, 0.15) is 28.5 Å². The monoisotopic (exact) mass is 404 g/mol. The maximum Gasteiger partial charge on any atom is 0.262 e. The SMILES string of the molecule is Cc1sc(-n2c(C)cc(/C=C(/C#N)C(=O)NCc3ccco3)c2C)c(C#N)c1C. The van der Waals surface area contributed by atoms with E-state index in [1.165, 1.54) is 6.26 Å². The highest BCUT2D eigenvalue weighted by molar-refractivity contribution is 7.14. The molecule has 0 radical (unpaired) electrons. The smallest absolute Gasteiger partial charge is 0.262 e. The van der Waals surface area contributed by atoms with E-state index in [1.54, 1.807) is 29.5 Å². The van der Waals surface area contributed by atoms with Crippen LogP contribution in [0.4, 0.5) is 0 Å². The van der Waals surface area contributed by atoms with Gasteiger partial charge >= 0.3 is 0 Å². The summed E-state index contributed by atoms with van der Waals surface area (Å²) in [6, 6.07) is 9.67. The summed E-state index contributed by atoms with van der Waals surface area (Å²) in [6.45, 7) is 8.01. The molecule has 7 heteroatoms. The second-order valence-electron chi connectivity index (χ2n) is 6.67. The summed E-state index contributed by atoms with van der Waals surface area (Å²) in [5, 5.41) is 22.6. The third kappa shape index (κ3) is 3.87. The van der Waals surface area contributed by atoms with Crippen LogP contribution in [0.25, 0.3) is 11.1 Å². The van der Waals surface area contributed by atoms with E-state index in [0.717, 1.165) is 32.4 Å². The minimum absolute atomic E-state index is 0.0100. The standard InChI is InChI=1S/C22H20N4O2S/c1-13-8-17(9-18(10-23)21(27)25-12-19-6-5-7-28-19)15(3)26(13)22-20(11-24)14(2)16(4)29-22/h5-9H,12H2,1-4H3,(H,25,27)/b18-9-. The molecule has 3 heterocycles. The molecular formula is C22H20N4O2S. The molecule has 0 atom stereocenters. The van der Waals surface area contributed by atoms with Gasteiger partial charge in [-0.2, -0.15) is 10.5 Å². The van der Waals surface area contributed by atoms with Crippen LogP contribution >= 0.6 is 11.3 Å². The van der Waals surface area contributed by atoms with Crippen molar-refractivity contribution in [2.24, 2.45) is 0 Å². The Bertz CT molecular complexity index is 1180. The van der Waals surface area contributed by atoms with Crippen molar-refractivity contribution < 1.29 is 9.21 Å². The predicted octanol–water partition coefficient (Wildman–Crippen LogP) is 4.46. The van der Waals surface area contributed by atoms with Gasteiger partial charge in [-0.1, -0.05) is 0 Å². The minimum atomic E-state index is -0.464. The van der Waals surface area contributed by atoms with E-state index in [4.69, 9.17) is 4.42 Å². The Labute approximate surface area is 173 Å². The van der Waals surface area contributed by atoms with Gasteiger partial charge in [-0.05, 0) is 63.1 Å². The zero-order valence-corrected chi connectivity index (χ0v) is 17.5. The van der Waals surface area contributed by atoms with E-state index >= 15 is 0 Å². The Kier molecular flexibility index (Phi) is 5.72. The second-order valence-corrected chi connectivity index (χ2v) is 7.87. The molecule has 3 aromatic heterocycles. The van der Waals surface area contributed by atoms with Crippen molar-refractivity contribution in [2.45, 2.75) is 34.2 Å². The molecule has 0 saturated carbocycles. The first-order valence-electron chi connectivity index (χ1n) is 8.99. The van der Waals surface area contributed by atoms with Crippen LogP contribution in [-0.2, 0) is 11.3 Å². The molecule has 1 amide bonds. The number of hydrogen-bond acceptors (Lipinski definition) is 5. The second kappa shape index (κ2) is 8.22. The van der Waals surface area contributed by atoms with E-state index in [1.807, 2.05) is 44.4 Å². The first-order valence-corrected chi connectivity index (χ1v) is 9.80. The van der Waals surface area contributed by atoms with Crippen LogP contribution < -0.4 is 5.32 Å². The summed E-state index contributed by atoms with van der Waals surface area (Å²) in [6.07, 6.45) is 3.11. The van der Waals surface area contributed by atoms with Crippen LogP contribution in [0.5, 0.6) is 0 Å². The summed E-state index contributed by atoms with van der Waals surface area (Å²) >= 11 is 1.56. The normalized spacial score (nSPS) is 11.2. The lowest BCUT2D eigenvalue weighted by molar-refractivity contribution is -0.117. The predicted molar refractivity (Wildman–Crippen MR) is 111 cm³/mol. The number of nitrogens with zero attached hydrogens (tertiary/aromatic N) is 3. The number of carbonyl (C=O) groups is 1. The van der Waals surface area contributed by atoms with Crippen molar-refractivity contribution in [3.05, 3.63) is 68.8 Å². The zero-order valence-electron chi connectivity index (χ0n) is 16.7. The van der Waals surface area contributed by atoms with Crippen molar-refractivity contribution in [3.8, 4) is 17.1 Å². The molecule has 6 nitrogen and oxygen atoms in total. The van der Waals surface area contributed by atoms with Crippen LogP contribution in [0.15, 0.2) is 34.5 Å². The molecule has 3 rings (SSSR count). The summed E-state index contributed by atoms with van der Waals surface area (Å²) in [5.41, 5.74) is 4.20. The summed E-state index contributed by atoms with van der Waals surface area (Å²) < 4.78 is 7.20. The maximum atomic E-state index is 12.4. The van der Waals surface area contributed by atoms with Gasteiger partial charge in [-0.15, -0.1) is 11.3 Å². The molecular weight excluding hydrogens is 384 g/mol. The summed E-state index contributed by atoms with van der Waals surface area (Å²) in [5.74, 6) is 0.149. The highest BCUT2D eigenvalue weighted by atomic mass is 32.1. The highest BCUT2D eigenvalue weighted by Gasteiger charge is 2.19. The van der Waals surface area contributed by atoms with Crippen molar-refractivity contribution in [2.75, 3.05) is 0 Å². The van der Waals surface area contributed by atoms with Crippen molar-refractivity contribution in [1.82, 2.24) is 9.88 Å². The highest BCUT2D eigenvalue weighted by Crippen LogP contribution is 2.33. The molecule has 0 aliphatic heterocycles. The molecule has 146 valence electrons. The van der Waals surface area contributed by atoms with E-state index in [-0.39, 0.29) is 12.1 Å². The number of amides is 1. The fourth-order valence-corrected chi connectivity index (χ4v) is 4.34. The number of furan rings is 1. The minimum Gasteiger partial charge on any atom is -0.467 e. The Morgan fingerprint density at radius 2 is 2.07 bits per heavy atom. The molecule has 0 fully saturated rings. The molecule has 1 N–H and O–H groups in total. The van der Waals surface area contributed by atoms with Gasteiger partial charge in [-0.3, -0.25) is 4.79 Å². The molecule has 0 aromatic carbocycles. The molecule has 0 bridgehead atoms. The van der Waals surface area contributed by atoms with Gasteiger partial charge in [-0.25, -0.2) is 0 Å². The lowest BCUT2D eigenvalue weighted by Crippen LogP contribution is -2.23. The zero-order chi connectivity index (χ0) is 21.1. The Morgan fingerprint density at radius 3 is 2.69 bits per heavy atom. The van der Waals surface area contributed by atoms with Gasteiger partial charge in [0, 0.05) is 16.3 Å². The van der Waals surface area contributed by atoms with E-state index in [9.17, 15) is 15.3 Å². The average Bonchev–Trinajstić information content (AvgIpc) is 3.38. The number of aromatic nitrogens is 1. The van der Waals surface area contributed by atoms with Gasteiger partial charge in [0.25, 0.3) is 5.91 Å². The van der Waals surface area contributed by atoms with Crippen molar-refractivity contribution >= 4 is 23.3 Å². The number of carbonyl (C=O) groups excluding carboxylic acids is 1. The van der Waals surface area contributed by atoms with Gasteiger partial charge < -0.3 is 14.3 Å². The maximum absolute atomic E-state index is 12.4. The molecule has 0 aliphatic carbocycles. The fourth-order valence-electron chi connectivity index (χ4n) is 3.12. The van der Waals surface area contributed by atoms with Crippen LogP contribution in [0.3, 0.4) is 0 Å². The molecule has 0 aliphatic rings. The average molecular weight is 404 g/mol. The number of nitriles is 2. The Hall–Kier alpha value is -3.55.